The van der Waals surface area contributed by atoms with Gasteiger partial charge in [0.2, 0.25) is 11.8 Å². The van der Waals surface area contributed by atoms with E-state index in [1.807, 2.05) is 0 Å². The summed E-state index contributed by atoms with van der Waals surface area (Å²) in [5, 5.41) is 11.1. The monoisotopic (exact) mass is 373 g/mol. The number of imide groups is 1. The number of likely N-dealkylation sites (N-methyl/N-ethyl adjacent to an activating group) is 1. The molecular formula is C18H19N3O6. The van der Waals surface area contributed by atoms with Crippen LogP contribution < -0.4 is 5.32 Å². The molecule has 0 aromatic heterocycles. The second-order valence-electron chi connectivity index (χ2n) is 6.75. The number of carboxylic acid groups (broad SMARTS) is 1. The first-order valence-electron chi connectivity index (χ1n) is 8.46. The van der Waals surface area contributed by atoms with Gasteiger partial charge in [-0.25, -0.2) is 0 Å². The average molecular weight is 373 g/mol. The van der Waals surface area contributed by atoms with Crippen molar-refractivity contribution in [2.75, 3.05) is 13.6 Å². The first kappa shape index (κ1) is 18.7. The van der Waals surface area contributed by atoms with Crippen LogP contribution in [0, 0.1) is 0 Å². The lowest BCUT2D eigenvalue weighted by Gasteiger charge is -2.30. The maximum atomic E-state index is 12.9. The zero-order valence-electron chi connectivity index (χ0n) is 14.7. The fourth-order valence-electron chi connectivity index (χ4n) is 3.51. The number of aliphatic carboxylic acids is 1. The topological polar surface area (TPSA) is 124 Å². The lowest BCUT2D eigenvalue weighted by molar-refractivity contribution is -0.139. The van der Waals surface area contributed by atoms with Crippen molar-refractivity contribution in [2.24, 2.45) is 0 Å². The molecule has 1 saturated heterocycles. The maximum absolute atomic E-state index is 12.9. The van der Waals surface area contributed by atoms with Gasteiger partial charge in [0.15, 0.2) is 6.29 Å². The summed E-state index contributed by atoms with van der Waals surface area (Å²) in [5.41, 5.74) is 1.93. The minimum atomic E-state index is -0.952. The minimum absolute atomic E-state index is 0.134. The number of carbonyl (C=O) groups is 5. The lowest BCUT2D eigenvalue weighted by Crippen LogP contribution is -2.53. The zero-order valence-corrected chi connectivity index (χ0v) is 14.7. The summed E-state index contributed by atoms with van der Waals surface area (Å²) in [6.07, 6.45) is 0.940. The van der Waals surface area contributed by atoms with E-state index in [0.29, 0.717) is 19.4 Å². The summed E-state index contributed by atoms with van der Waals surface area (Å²) in [6, 6.07) is 2.40. The van der Waals surface area contributed by atoms with Gasteiger partial charge in [0.25, 0.3) is 5.91 Å². The van der Waals surface area contributed by atoms with E-state index in [-0.39, 0.29) is 36.4 Å². The molecule has 0 aliphatic carbocycles. The number of nitrogens with zero attached hydrogens (tertiary/aromatic N) is 2. The van der Waals surface area contributed by atoms with Crippen LogP contribution in [0.25, 0.3) is 0 Å². The Labute approximate surface area is 154 Å². The molecule has 2 N–H and O–H groups in total. The summed E-state index contributed by atoms with van der Waals surface area (Å²) in [5.74, 6) is -2.36. The van der Waals surface area contributed by atoms with Gasteiger partial charge in [0.1, 0.15) is 6.04 Å². The quantitative estimate of drug-likeness (QED) is 0.540. The Morgan fingerprint density at radius 2 is 1.96 bits per heavy atom. The molecular weight excluding hydrogens is 354 g/mol. The molecule has 3 rings (SSSR count). The second kappa shape index (κ2) is 7.28. The van der Waals surface area contributed by atoms with Gasteiger partial charge in [-0.1, -0.05) is 0 Å². The SMILES string of the molecule is CN(C(=O)c1cc2c(cc1C=O)CN(CC(=O)O)C2)C1CCC(=O)NC1=O. The molecule has 0 radical (unpaired) electrons. The van der Waals surface area contributed by atoms with Crippen LogP contribution in [-0.4, -0.2) is 64.5 Å². The molecule has 1 unspecified atom stereocenters. The Balaban J connectivity index is 1.85. The Kier molecular flexibility index (Phi) is 5.04. The number of amides is 3. The van der Waals surface area contributed by atoms with Gasteiger partial charge < -0.3 is 10.0 Å². The van der Waals surface area contributed by atoms with Gasteiger partial charge in [0.05, 0.1) is 12.1 Å². The summed E-state index contributed by atoms with van der Waals surface area (Å²) < 4.78 is 0. The Hall–Kier alpha value is -3.07. The van der Waals surface area contributed by atoms with Crippen LogP contribution in [0.2, 0.25) is 0 Å². The Bertz CT molecular complexity index is 850. The van der Waals surface area contributed by atoms with Gasteiger partial charge >= 0.3 is 5.97 Å². The van der Waals surface area contributed by atoms with E-state index in [2.05, 4.69) is 5.32 Å². The maximum Gasteiger partial charge on any atom is 0.317 e. The number of piperidine rings is 1. The first-order chi connectivity index (χ1) is 12.8. The van der Waals surface area contributed by atoms with Crippen LogP contribution in [0.4, 0.5) is 0 Å². The molecule has 0 bridgehead atoms. The molecule has 142 valence electrons. The molecule has 0 saturated carbocycles. The molecule has 1 aromatic carbocycles. The third-order valence-electron chi connectivity index (χ3n) is 4.87. The predicted octanol–water partition coefficient (Wildman–Crippen LogP) is -0.223. The van der Waals surface area contributed by atoms with Crippen LogP contribution >= 0.6 is 0 Å². The first-order valence-corrected chi connectivity index (χ1v) is 8.46. The van der Waals surface area contributed by atoms with Crippen LogP contribution in [0.5, 0.6) is 0 Å². The molecule has 2 aliphatic heterocycles. The number of rotatable bonds is 5. The highest BCUT2D eigenvalue weighted by Crippen LogP contribution is 2.27. The third kappa shape index (κ3) is 3.72. The second-order valence-corrected chi connectivity index (χ2v) is 6.75. The summed E-state index contributed by atoms with van der Waals surface area (Å²) in [4.78, 5) is 61.5. The number of carboxylic acids is 1. The number of nitrogens with one attached hydrogen (secondary N) is 1. The van der Waals surface area contributed by atoms with E-state index in [9.17, 15) is 24.0 Å². The highest BCUT2D eigenvalue weighted by molar-refractivity contribution is 6.06. The van der Waals surface area contributed by atoms with Crippen molar-refractivity contribution in [2.45, 2.75) is 32.0 Å². The molecule has 1 aromatic rings. The molecule has 2 aliphatic rings. The molecule has 1 fully saturated rings. The number of benzene rings is 1. The van der Waals surface area contributed by atoms with Crippen LogP contribution in [0.3, 0.4) is 0 Å². The van der Waals surface area contributed by atoms with E-state index in [0.717, 1.165) is 11.1 Å². The molecule has 1 atom stereocenters. The van der Waals surface area contributed by atoms with E-state index in [1.54, 1.807) is 17.0 Å². The van der Waals surface area contributed by atoms with Crippen LogP contribution in [-0.2, 0) is 27.5 Å². The third-order valence-corrected chi connectivity index (χ3v) is 4.87. The van der Waals surface area contributed by atoms with Crippen molar-refractivity contribution in [1.82, 2.24) is 15.1 Å². The van der Waals surface area contributed by atoms with Crippen LogP contribution in [0.15, 0.2) is 12.1 Å². The predicted molar refractivity (Wildman–Crippen MR) is 91.8 cm³/mol. The van der Waals surface area contributed by atoms with E-state index in [4.69, 9.17) is 5.11 Å². The molecule has 9 heteroatoms. The fourth-order valence-corrected chi connectivity index (χ4v) is 3.51. The number of hydrogen-bond donors (Lipinski definition) is 2. The Morgan fingerprint density at radius 3 is 2.56 bits per heavy atom. The number of carbonyl (C=O) groups excluding carboxylic acids is 4. The summed E-state index contributed by atoms with van der Waals surface area (Å²) in [6.45, 7) is 0.619. The van der Waals surface area contributed by atoms with Crippen molar-refractivity contribution >= 4 is 30.0 Å². The van der Waals surface area contributed by atoms with Gasteiger partial charge in [-0.15, -0.1) is 0 Å². The number of fused-ring (bicyclic) bond motifs is 1. The van der Waals surface area contributed by atoms with Gasteiger partial charge in [0, 0.05) is 32.1 Å². The van der Waals surface area contributed by atoms with E-state index in [1.165, 1.54) is 11.9 Å². The largest absolute Gasteiger partial charge is 0.480 e. The van der Waals surface area contributed by atoms with E-state index < -0.39 is 23.8 Å². The van der Waals surface area contributed by atoms with Gasteiger partial charge in [-0.05, 0) is 29.7 Å². The minimum Gasteiger partial charge on any atom is -0.480 e. The molecule has 0 spiro atoms. The van der Waals surface area contributed by atoms with Crippen molar-refractivity contribution in [3.05, 3.63) is 34.4 Å². The smallest absolute Gasteiger partial charge is 0.317 e. The number of hydrogen-bond acceptors (Lipinski definition) is 6. The number of aldehydes is 1. The van der Waals surface area contributed by atoms with E-state index >= 15 is 0 Å². The van der Waals surface area contributed by atoms with Gasteiger partial charge in [-0.2, -0.15) is 0 Å². The highest BCUT2D eigenvalue weighted by atomic mass is 16.4. The van der Waals surface area contributed by atoms with Crippen molar-refractivity contribution in [1.29, 1.82) is 0 Å². The van der Waals surface area contributed by atoms with Crippen LogP contribution in [0.1, 0.15) is 44.7 Å². The molecule has 3 amide bonds. The van der Waals surface area contributed by atoms with Crippen molar-refractivity contribution < 1.29 is 29.1 Å². The normalized spacial score (nSPS) is 19.4. The highest BCUT2D eigenvalue weighted by Gasteiger charge is 2.34. The summed E-state index contributed by atoms with van der Waals surface area (Å²) >= 11 is 0. The lowest BCUT2D eigenvalue weighted by atomic mass is 9.98. The fraction of sp³-hybridized carbons (Fsp3) is 0.389. The Morgan fingerprint density at radius 1 is 1.30 bits per heavy atom. The standard InChI is InChI=1S/C18H19N3O6/c1-20(14-2-3-15(23)19-17(14)26)18(27)13-5-11-7-21(8-16(24)25)6-10(11)4-12(13)9-22/h4-5,9,14H,2-3,6-8H2,1H3,(H,24,25)(H,19,23,26). The summed E-state index contributed by atoms with van der Waals surface area (Å²) in [7, 11) is 1.46. The van der Waals surface area contributed by atoms with Gasteiger partial charge in [-0.3, -0.25) is 34.2 Å². The molecule has 2 heterocycles. The molecule has 27 heavy (non-hydrogen) atoms. The molecule has 9 nitrogen and oxygen atoms in total. The van der Waals surface area contributed by atoms with Crippen molar-refractivity contribution in [3.8, 4) is 0 Å². The van der Waals surface area contributed by atoms with Crippen molar-refractivity contribution in [3.63, 3.8) is 0 Å². The average Bonchev–Trinajstić information content (AvgIpc) is 2.99. The zero-order chi connectivity index (χ0) is 19.7.